The molecule has 2 aliphatic rings. The van der Waals surface area contributed by atoms with Crippen LogP contribution < -0.4 is 4.74 Å². The lowest BCUT2D eigenvalue weighted by Gasteiger charge is -2.39. The zero-order chi connectivity index (χ0) is 22.0. The van der Waals surface area contributed by atoms with Crippen molar-refractivity contribution in [3.05, 3.63) is 59.7 Å². The Bertz CT molecular complexity index is 1030. The summed E-state index contributed by atoms with van der Waals surface area (Å²) in [5.74, 6) is 1.14. The molecule has 0 N–H and O–H groups in total. The first-order valence-electron chi connectivity index (χ1n) is 11.0. The molecule has 166 valence electrons. The summed E-state index contributed by atoms with van der Waals surface area (Å²) in [6, 6.07) is 13.5. The standard InChI is InChI=1S/C24H30N2O4S/c1-3-30-21-8-10-22(11-9-21)31(28,29)26-17-20-7-5-4-6-19(20)16-23(26)24(27)25-14-12-18(2)13-15-25/h4-11,18,23H,3,12-17H2,1-2H3. The molecule has 0 radical (unpaired) electrons. The Morgan fingerprint density at radius 2 is 1.68 bits per heavy atom. The molecule has 2 aromatic rings. The van der Waals surface area contributed by atoms with Crippen molar-refractivity contribution in [1.29, 1.82) is 0 Å². The highest BCUT2D eigenvalue weighted by molar-refractivity contribution is 7.89. The number of sulfonamides is 1. The van der Waals surface area contributed by atoms with E-state index in [1.54, 1.807) is 24.3 Å². The quantitative estimate of drug-likeness (QED) is 0.711. The average Bonchev–Trinajstić information content (AvgIpc) is 2.79. The Morgan fingerprint density at radius 1 is 1.03 bits per heavy atom. The van der Waals surface area contributed by atoms with Crippen LogP contribution in [0.3, 0.4) is 0 Å². The molecule has 0 aromatic heterocycles. The predicted octanol–water partition coefficient (Wildman–Crippen LogP) is 3.46. The lowest BCUT2D eigenvalue weighted by molar-refractivity contribution is -0.137. The number of rotatable bonds is 5. The molecule has 0 bridgehead atoms. The monoisotopic (exact) mass is 442 g/mol. The number of hydrogen-bond acceptors (Lipinski definition) is 4. The minimum Gasteiger partial charge on any atom is -0.494 e. The normalized spacial score (nSPS) is 20.3. The highest BCUT2D eigenvalue weighted by Crippen LogP contribution is 2.31. The van der Waals surface area contributed by atoms with Gasteiger partial charge in [-0.15, -0.1) is 0 Å². The van der Waals surface area contributed by atoms with Gasteiger partial charge in [0, 0.05) is 19.6 Å². The zero-order valence-electron chi connectivity index (χ0n) is 18.2. The number of likely N-dealkylation sites (tertiary alicyclic amines) is 1. The number of benzene rings is 2. The smallest absolute Gasteiger partial charge is 0.244 e. The summed E-state index contributed by atoms with van der Waals surface area (Å²) in [4.78, 5) is 15.5. The van der Waals surface area contributed by atoms with Crippen LogP contribution in [-0.2, 0) is 27.8 Å². The Hall–Kier alpha value is -2.38. The van der Waals surface area contributed by atoms with E-state index >= 15 is 0 Å². The number of ether oxygens (including phenoxy) is 1. The summed E-state index contributed by atoms with van der Waals surface area (Å²) in [6.07, 6.45) is 2.32. The van der Waals surface area contributed by atoms with E-state index in [1.807, 2.05) is 36.1 Å². The summed E-state index contributed by atoms with van der Waals surface area (Å²) in [7, 11) is -3.85. The van der Waals surface area contributed by atoms with Gasteiger partial charge in [0.1, 0.15) is 11.8 Å². The first-order chi connectivity index (χ1) is 14.9. The molecular weight excluding hydrogens is 412 g/mol. The van der Waals surface area contributed by atoms with Gasteiger partial charge in [-0.2, -0.15) is 4.31 Å². The molecule has 0 aliphatic carbocycles. The van der Waals surface area contributed by atoms with Gasteiger partial charge in [0.05, 0.1) is 11.5 Å². The van der Waals surface area contributed by atoms with E-state index in [4.69, 9.17) is 4.74 Å². The molecule has 1 amide bonds. The molecule has 2 aliphatic heterocycles. The van der Waals surface area contributed by atoms with Crippen molar-refractivity contribution in [2.45, 2.75) is 50.6 Å². The predicted molar refractivity (Wildman–Crippen MR) is 119 cm³/mol. The van der Waals surface area contributed by atoms with Gasteiger partial charge in [-0.3, -0.25) is 4.79 Å². The SMILES string of the molecule is CCOc1ccc(S(=O)(=O)N2Cc3ccccc3CC2C(=O)N2CCC(C)CC2)cc1. The average molecular weight is 443 g/mol. The Morgan fingerprint density at radius 3 is 2.32 bits per heavy atom. The summed E-state index contributed by atoms with van der Waals surface area (Å²) >= 11 is 0. The number of carbonyl (C=O) groups is 1. The Labute approximate surface area is 184 Å². The first-order valence-corrected chi connectivity index (χ1v) is 12.4. The molecule has 7 heteroatoms. The number of hydrogen-bond donors (Lipinski definition) is 0. The van der Waals surface area contributed by atoms with Crippen LogP contribution in [0.4, 0.5) is 0 Å². The van der Waals surface area contributed by atoms with E-state index in [0.717, 1.165) is 24.0 Å². The summed E-state index contributed by atoms with van der Waals surface area (Å²) in [5.41, 5.74) is 2.00. The molecule has 1 unspecified atom stereocenters. The van der Waals surface area contributed by atoms with Gasteiger partial charge in [0.25, 0.3) is 0 Å². The van der Waals surface area contributed by atoms with E-state index < -0.39 is 16.1 Å². The third kappa shape index (κ3) is 4.48. The third-order valence-corrected chi connectivity index (χ3v) is 8.20. The van der Waals surface area contributed by atoms with Gasteiger partial charge in [-0.05, 0) is 67.5 Å². The van der Waals surface area contributed by atoms with Crippen molar-refractivity contribution in [3.8, 4) is 5.75 Å². The fourth-order valence-electron chi connectivity index (χ4n) is 4.41. The van der Waals surface area contributed by atoms with Crippen LogP contribution in [0.1, 0.15) is 37.8 Å². The van der Waals surface area contributed by atoms with Gasteiger partial charge in [-0.1, -0.05) is 31.2 Å². The van der Waals surface area contributed by atoms with Crippen LogP contribution >= 0.6 is 0 Å². The van der Waals surface area contributed by atoms with Gasteiger partial charge in [-0.25, -0.2) is 8.42 Å². The van der Waals surface area contributed by atoms with E-state index in [9.17, 15) is 13.2 Å². The molecule has 6 nitrogen and oxygen atoms in total. The Kier molecular flexibility index (Phi) is 6.34. The minimum absolute atomic E-state index is 0.0871. The summed E-state index contributed by atoms with van der Waals surface area (Å²) < 4.78 is 34.1. The van der Waals surface area contributed by atoms with Crippen molar-refractivity contribution < 1.29 is 17.9 Å². The molecule has 4 rings (SSSR count). The van der Waals surface area contributed by atoms with E-state index in [2.05, 4.69) is 6.92 Å². The van der Waals surface area contributed by atoms with E-state index in [-0.39, 0.29) is 17.3 Å². The second-order valence-electron chi connectivity index (χ2n) is 8.45. The lowest BCUT2D eigenvalue weighted by Crippen LogP contribution is -2.54. The van der Waals surface area contributed by atoms with E-state index in [0.29, 0.717) is 37.8 Å². The molecule has 31 heavy (non-hydrogen) atoms. The molecule has 1 fully saturated rings. The largest absolute Gasteiger partial charge is 0.494 e. The first kappa shape index (κ1) is 21.8. The molecule has 1 saturated heterocycles. The van der Waals surface area contributed by atoms with Crippen LogP contribution in [0, 0.1) is 5.92 Å². The maximum atomic E-state index is 13.6. The molecular formula is C24H30N2O4S. The van der Waals surface area contributed by atoms with Crippen LogP contribution in [0.15, 0.2) is 53.4 Å². The van der Waals surface area contributed by atoms with Gasteiger partial charge in [0.15, 0.2) is 0 Å². The number of fused-ring (bicyclic) bond motifs is 1. The van der Waals surface area contributed by atoms with Gasteiger partial charge < -0.3 is 9.64 Å². The molecule has 1 atom stereocenters. The summed E-state index contributed by atoms with van der Waals surface area (Å²) in [5, 5.41) is 0. The number of piperidine rings is 1. The highest BCUT2D eigenvalue weighted by Gasteiger charge is 2.41. The van der Waals surface area contributed by atoms with Crippen molar-refractivity contribution >= 4 is 15.9 Å². The highest BCUT2D eigenvalue weighted by atomic mass is 32.2. The topological polar surface area (TPSA) is 66.9 Å². The molecule has 0 spiro atoms. The number of carbonyl (C=O) groups excluding carboxylic acids is 1. The van der Waals surface area contributed by atoms with Crippen molar-refractivity contribution in [1.82, 2.24) is 9.21 Å². The fraction of sp³-hybridized carbons (Fsp3) is 0.458. The second-order valence-corrected chi connectivity index (χ2v) is 10.3. The van der Waals surface area contributed by atoms with Crippen molar-refractivity contribution in [3.63, 3.8) is 0 Å². The van der Waals surface area contributed by atoms with Crippen molar-refractivity contribution in [2.75, 3.05) is 19.7 Å². The van der Waals surface area contributed by atoms with Crippen LogP contribution in [-0.4, -0.2) is 49.3 Å². The lowest BCUT2D eigenvalue weighted by atomic mass is 9.93. The maximum absolute atomic E-state index is 13.6. The second kappa shape index (κ2) is 9.01. The molecule has 2 aromatic carbocycles. The number of nitrogens with zero attached hydrogens (tertiary/aromatic N) is 2. The van der Waals surface area contributed by atoms with Crippen LogP contribution in [0.5, 0.6) is 5.75 Å². The van der Waals surface area contributed by atoms with Gasteiger partial charge in [0.2, 0.25) is 15.9 Å². The molecule has 0 saturated carbocycles. The van der Waals surface area contributed by atoms with Gasteiger partial charge >= 0.3 is 0 Å². The van der Waals surface area contributed by atoms with Crippen LogP contribution in [0.2, 0.25) is 0 Å². The minimum atomic E-state index is -3.85. The molecule has 2 heterocycles. The zero-order valence-corrected chi connectivity index (χ0v) is 19.0. The number of amides is 1. The van der Waals surface area contributed by atoms with Crippen molar-refractivity contribution in [2.24, 2.45) is 5.92 Å². The summed E-state index contributed by atoms with van der Waals surface area (Å²) in [6.45, 7) is 6.17. The van der Waals surface area contributed by atoms with Crippen LogP contribution in [0.25, 0.3) is 0 Å². The fourth-order valence-corrected chi connectivity index (χ4v) is 5.97. The third-order valence-electron chi connectivity index (χ3n) is 6.33. The Balaban J connectivity index is 1.67. The van der Waals surface area contributed by atoms with E-state index in [1.165, 1.54) is 4.31 Å². The maximum Gasteiger partial charge on any atom is 0.244 e.